The average molecular weight is 525 g/mol. The molecule has 3 aromatic rings. The zero-order valence-electron chi connectivity index (χ0n) is 17.2. The Hall–Kier alpha value is -3.46. The molecule has 0 saturated carbocycles. The molecule has 0 atom stereocenters. The van der Waals surface area contributed by atoms with Crippen LogP contribution >= 0.6 is 34.8 Å². The van der Waals surface area contributed by atoms with E-state index >= 15 is 0 Å². The third kappa shape index (κ3) is 5.91. The van der Waals surface area contributed by atoms with Crippen molar-refractivity contribution in [3.63, 3.8) is 0 Å². The number of carboxylic acid groups (broad SMARTS) is 2. The number of halogens is 3. The summed E-state index contributed by atoms with van der Waals surface area (Å²) in [7, 11) is 0. The van der Waals surface area contributed by atoms with Crippen molar-refractivity contribution in [3.05, 3.63) is 80.8 Å². The van der Waals surface area contributed by atoms with Crippen molar-refractivity contribution >= 4 is 58.2 Å². The molecule has 176 valence electrons. The fourth-order valence-corrected chi connectivity index (χ4v) is 3.64. The number of phenols is 1. The van der Waals surface area contributed by atoms with Crippen LogP contribution in [0.15, 0.2) is 54.6 Å². The summed E-state index contributed by atoms with van der Waals surface area (Å²) >= 11 is 18.4. The van der Waals surface area contributed by atoms with Crippen LogP contribution in [0.2, 0.25) is 15.1 Å². The fraction of sp³-hybridized carbons (Fsp3) is 0.0870. The van der Waals surface area contributed by atoms with Gasteiger partial charge in [-0.3, -0.25) is 14.4 Å². The Kier molecular flexibility index (Phi) is 7.88. The number of ether oxygens (including phenoxy) is 1. The third-order valence-corrected chi connectivity index (χ3v) is 5.67. The lowest BCUT2D eigenvalue weighted by Gasteiger charge is -2.23. The van der Waals surface area contributed by atoms with Crippen molar-refractivity contribution in [1.29, 1.82) is 0 Å². The van der Waals surface area contributed by atoms with Gasteiger partial charge in [-0.15, -0.1) is 0 Å². The van der Waals surface area contributed by atoms with Gasteiger partial charge in [0.25, 0.3) is 0 Å². The molecule has 34 heavy (non-hydrogen) atoms. The lowest BCUT2D eigenvalue weighted by Crippen LogP contribution is -2.34. The van der Waals surface area contributed by atoms with E-state index < -0.39 is 30.8 Å². The number of anilines is 1. The molecule has 8 nitrogen and oxygen atoms in total. The number of phenolic OH excluding ortho intramolecular Hbond substituents is 1. The van der Waals surface area contributed by atoms with Gasteiger partial charge >= 0.3 is 11.9 Å². The number of hydrogen-bond acceptors (Lipinski definition) is 6. The standard InChI is InChI=1S/C23H16Cl3NO7/c24-13-3-1-12(2-4-13)23(33)15-9-14(5-7-17(15)28)34-18-8-6-16(21(25)22(18)26)27(10-19(29)30)11-20(31)32/h1-9,28H,10-11H2,(H,29,30)(H,31,32). The van der Waals surface area contributed by atoms with Crippen LogP contribution < -0.4 is 9.64 Å². The van der Waals surface area contributed by atoms with Crippen molar-refractivity contribution in [1.82, 2.24) is 0 Å². The van der Waals surface area contributed by atoms with Crippen molar-refractivity contribution in [2.24, 2.45) is 0 Å². The van der Waals surface area contributed by atoms with Crippen molar-refractivity contribution in [2.75, 3.05) is 18.0 Å². The molecule has 0 aliphatic heterocycles. The number of aliphatic carboxylic acids is 2. The van der Waals surface area contributed by atoms with Crippen molar-refractivity contribution < 1.29 is 34.4 Å². The molecule has 3 rings (SSSR count). The maximum Gasteiger partial charge on any atom is 0.323 e. The van der Waals surface area contributed by atoms with E-state index in [4.69, 9.17) is 49.8 Å². The summed E-state index contributed by atoms with van der Waals surface area (Å²) in [5.41, 5.74) is 0.375. The smallest absolute Gasteiger partial charge is 0.323 e. The van der Waals surface area contributed by atoms with Gasteiger partial charge in [0.2, 0.25) is 0 Å². The molecule has 0 amide bonds. The third-order valence-electron chi connectivity index (χ3n) is 4.57. The minimum Gasteiger partial charge on any atom is -0.507 e. The second-order valence-electron chi connectivity index (χ2n) is 6.97. The number of hydrogen-bond donors (Lipinski definition) is 3. The van der Waals surface area contributed by atoms with Crippen LogP contribution in [-0.2, 0) is 9.59 Å². The van der Waals surface area contributed by atoms with Crippen LogP contribution in [0.4, 0.5) is 5.69 Å². The Labute approximate surface area is 208 Å². The number of benzene rings is 3. The Morgan fingerprint density at radius 2 is 1.44 bits per heavy atom. The van der Waals surface area contributed by atoms with Gasteiger partial charge in [0.1, 0.15) is 35.4 Å². The van der Waals surface area contributed by atoms with Crippen LogP contribution in [0.25, 0.3) is 0 Å². The van der Waals surface area contributed by atoms with E-state index in [1.165, 1.54) is 42.5 Å². The molecule has 11 heteroatoms. The highest BCUT2D eigenvalue weighted by molar-refractivity contribution is 6.44. The first-order valence-corrected chi connectivity index (χ1v) is 10.7. The molecule has 0 radical (unpaired) electrons. The first kappa shape index (κ1) is 25.2. The summed E-state index contributed by atoms with van der Waals surface area (Å²) in [4.78, 5) is 36.1. The monoisotopic (exact) mass is 523 g/mol. The van der Waals surface area contributed by atoms with E-state index in [0.717, 1.165) is 4.90 Å². The van der Waals surface area contributed by atoms with E-state index in [9.17, 15) is 19.5 Å². The molecule has 0 fully saturated rings. The molecule has 0 aliphatic rings. The molecule has 0 unspecified atom stereocenters. The fourth-order valence-electron chi connectivity index (χ4n) is 3.04. The number of nitrogens with zero attached hydrogens (tertiary/aromatic N) is 1. The number of aromatic hydroxyl groups is 1. The molecule has 3 aromatic carbocycles. The molecular formula is C23H16Cl3NO7. The molecule has 0 bridgehead atoms. The summed E-state index contributed by atoms with van der Waals surface area (Å²) < 4.78 is 5.74. The largest absolute Gasteiger partial charge is 0.507 e. The lowest BCUT2D eigenvalue weighted by atomic mass is 10.0. The molecule has 0 aromatic heterocycles. The van der Waals surface area contributed by atoms with Gasteiger partial charge in [-0.1, -0.05) is 34.8 Å². The average Bonchev–Trinajstić information content (AvgIpc) is 2.77. The van der Waals surface area contributed by atoms with Crippen LogP contribution in [0.1, 0.15) is 15.9 Å². The molecule has 0 heterocycles. The Balaban J connectivity index is 1.91. The van der Waals surface area contributed by atoms with Gasteiger partial charge in [-0.05, 0) is 54.6 Å². The van der Waals surface area contributed by atoms with Crippen LogP contribution in [-0.4, -0.2) is 46.1 Å². The van der Waals surface area contributed by atoms with Gasteiger partial charge in [0, 0.05) is 10.6 Å². The van der Waals surface area contributed by atoms with Gasteiger partial charge in [0.05, 0.1) is 16.3 Å². The predicted molar refractivity (Wildman–Crippen MR) is 127 cm³/mol. The first-order valence-electron chi connectivity index (χ1n) is 9.54. The summed E-state index contributed by atoms with van der Waals surface area (Å²) in [6.07, 6.45) is 0. The van der Waals surface area contributed by atoms with Gasteiger partial charge in [0.15, 0.2) is 5.78 Å². The van der Waals surface area contributed by atoms with E-state index in [1.54, 1.807) is 12.1 Å². The molecule has 0 aliphatic carbocycles. The Morgan fingerprint density at radius 3 is 2.03 bits per heavy atom. The lowest BCUT2D eigenvalue weighted by molar-refractivity contribution is -0.136. The Bertz CT molecular complexity index is 1250. The number of carbonyl (C=O) groups excluding carboxylic acids is 1. The van der Waals surface area contributed by atoms with E-state index in [1.807, 2.05) is 0 Å². The minimum atomic E-state index is -1.25. The second kappa shape index (κ2) is 10.6. The summed E-state index contributed by atoms with van der Waals surface area (Å²) in [6.45, 7) is -1.23. The maximum atomic E-state index is 12.8. The second-order valence-corrected chi connectivity index (χ2v) is 8.16. The SMILES string of the molecule is O=C(O)CN(CC(=O)O)c1ccc(Oc2ccc(O)c(C(=O)c3ccc(Cl)cc3)c2)c(Cl)c1Cl. The van der Waals surface area contributed by atoms with Gasteiger partial charge in [-0.25, -0.2) is 0 Å². The van der Waals surface area contributed by atoms with E-state index in [0.29, 0.717) is 10.6 Å². The van der Waals surface area contributed by atoms with E-state index in [2.05, 4.69) is 0 Å². The van der Waals surface area contributed by atoms with Crippen LogP contribution in [0.5, 0.6) is 17.2 Å². The molecule has 0 saturated heterocycles. The molecule has 0 spiro atoms. The highest BCUT2D eigenvalue weighted by atomic mass is 35.5. The van der Waals surface area contributed by atoms with Crippen molar-refractivity contribution in [3.8, 4) is 17.2 Å². The van der Waals surface area contributed by atoms with Crippen LogP contribution in [0.3, 0.4) is 0 Å². The number of carbonyl (C=O) groups is 3. The number of ketones is 1. The number of carboxylic acids is 2. The highest BCUT2D eigenvalue weighted by Crippen LogP contribution is 2.41. The Morgan fingerprint density at radius 1 is 0.824 bits per heavy atom. The zero-order valence-corrected chi connectivity index (χ0v) is 19.4. The first-order chi connectivity index (χ1) is 16.1. The highest BCUT2D eigenvalue weighted by Gasteiger charge is 2.21. The molecule has 3 N–H and O–H groups in total. The summed E-state index contributed by atoms with van der Waals surface area (Å²) in [5, 5.41) is 28.6. The van der Waals surface area contributed by atoms with Crippen LogP contribution in [0, 0.1) is 0 Å². The summed E-state index contributed by atoms with van der Waals surface area (Å²) in [5.74, 6) is -3.00. The topological polar surface area (TPSA) is 124 Å². The maximum absolute atomic E-state index is 12.8. The van der Waals surface area contributed by atoms with Gasteiger partial charge < -0.3 is 25.0 Å². The quantitative estimate of drug-likeness (QED) is 0.320. The van der Waals surface area contributed by atoms with Gasteiger partial charge in [-0.2, -0.15) is 0 Å². The van der Waals surface area contributed by atoms with E-state index in [-0.39, 0.29) is 38.5 Å². The van der Waals surface area contributed by atoms with Crippen molar-refractivity contribution in [2.45, 2.75) is 0 Å². The normalized spacial score (nSPS) is 10.6. The minimum absolute atomic E-state index is 0.0206. The molecular weight excluding hydrogens is 509 g/mol. The summed E-state index contributed by atoms with van der Waals surface area (Å²) in [6, 6.07) is 12.9. The zero-order chi connectivity index (χ0) is 25.0. The predicted octanol–water partition coefficient (Wildman–Crippen LogP) is 5.35. The number of rotatable bonds is 9.